The molecular formula is C17H15NO. The number of aliphatic hydroxyl groups is 1. The maximum absolute atomic E-state index is 10.7. The summed E-state index contributed by atoms with van der Waals surface area (Å²) in [4.78, 5) is 0. The summed E-state index contributed by atoms with van der Waals surface area (Å²) < 4.78 is 0. The molecule has 1 atom stereocenters. The molecule has 1 aliphatic carbocycles. The molecule has 1 unspecified atom stereocenters. The Morgan fingerprint density at radius 2 is 1.32 bits per heavy atom. The van der Waals surface area contributed by atoms with Crippen molar-refractivity contribution in [1.82, 2.24) is 0 Å². The molecule has 0 aliphatic heterocycles. The van der Waals surface area contributed by atoms with Crippen LogP contribution in [0.1, 0.15) is 24.0 Å². The zero-order chi connectivity index (χ0) is 13.3. The van der Waals surface area contributed by atoms with Crippen molar-refractivity contribution in [2.45, 2.75) is 23.9 Å². The van der Waals surface area contributed by atoms with Gasteiger partial charge in [-0.2, -0.15) is 5.26 Å². The van der Waals surface area contributed by atoms with E-state index < -0.39 is 11.0 Å². The van der Waals surface area contributed by atoms with Crippen molar-refractivity contribution in [3.63, 3.8) is 0 Å². The highest BCUT2D eigenvalue weighted by Crippen LogP contribution is 2.55. The molecule has 3 rings (SSSR count). The normalized spacial score (nSPS) is 24.2. The van der Waals surface area contributed by atoms with Gasteiger partial charge in [-0.3, -0.25) is 0 Å². The third-order valence-electron chi connectivity index (χ3n) is 4.29. The van der Waals surface area contributed by atoms with Crippen LogP contribution >= 0.6 is 0 Å². The van der Waals surface area contributed by atoms with Gasteiger partial charge in [0.05, 0.1) is 11.5 Å². The molecule has 2 aromatic rings. The fourth-order valence-electron chi connectivity index (χ4n) is 3.14. The Kier molecular flexibility index (Phi) is 2.66. The second-order valence-corrected chi connectivity index (χ2v) is 5.11. The number of hydrogen-bond acceptors (Lipinski definition) is 2. The molecule has 0 heterocycles. The Morgan fingerprint density at radius 3 is 1.63 bits per heavy atom. The van der Waals surface area contributed by atoms with Gasteiger partial charge in [-0.15, -0.1) is 0 Å². The molecule has 19 heavy (non-hydrogen) atoms. The first-order valence-corrected chi connectivity index (χ1v) is 6.48. The van der Waals surface area contributed by atoms with Gasteiger partial charge in [0.2, 0.25) is 0 Å². The predicted molar refractivity (Wildman–Crippen MR) is 73.5 cm³/mol. The Bertz CT molecular complexity index is 575. The maximum atomic E-state index is 10.7. The lowest BCUT2D eigenvalue weighted by molar-refractivity contribution is -0.0505. The lowest BCUT2D eigenvalue weighted by Crippen LogP contribution is -2.60. The average Bonchev–Trinajstić information content (AvgIpc) is 2.48. The second kappa shape index (κ2) is 4.22. The van der Waals surface area contributed by atoms with Gasteiger partial charge in [-0.25, -0.2) is 0 Å². The largest absolute Gasteiger partial charge is 0.374 e. The Balaban J connectivity index is 2.22. The predicted octanol–water partition coefficient (Wildman–Crippen LogP) is 3.02. The van der Waals surface area contributed by atoms with Crippen LogP contribution in [0.4, 0.5) is 0 Å². The molecule has 94 valence electrons. The third-order valence-corrected chi connectivity index (χ3v) is 4.29. The lowest BCUT2D eigenvalue weighted by Gasteiger charge is -2.53. The number of benzene rings is 2. The van der Waals surface area contributed by atoms with Gasteiger partial charge in [0.1, 0.15) is 0 Å². The molecule has 0 aromatic heterocycles. The van der Waals surface area contributed by atoms with Crippen molar-refractivity contribution in [2.75, 3.05) is 0 Å². The van der Waals surface area contributed by atoms with Crippen LogP contribution in [0.25, 0.3) is 0 Å². The average molecular weight is 249 g/mol. The lowest BCUT2D eigenvalue weighted by atomic mass is 9.51. The molecule has 2 nitrogen and oxygen atoms in total. The van der Waals surface area contributed by atoms with E-state index in [-0.39, 0.29) is 0 Å². The summed E-state index contributed by atoms with van der Waals surface area (Å²) in [6.07, 6.45) is 1.32. The molecule has 1 fully saturated rings. The van der Waals surface area contributed by atoms with Crippen molar-refractivity contribution in [3.05, 3.63) is 71.8 Å². The zero-order valence-electron chi connectivity index (χ0n) is 10.6. The summed E-state index contributed by atoms with van der Waals surface area (Å²) in [5.74, 6) is 0. The molecule has 2 aromatic carbocycles. The number of hydrogen-bond donors (Lipinski definition) is 1. The second-order valence-electron chi connectivity index (χ2n) is 5.11. The van der Waals surface area contributed by atoms with E-state index >= 15 is 0 Å². The van der Waals surface area contributed by atoms with Gasteiger partial charge in [-0.1, -0.05) is 60.7 Å². The smallest absolute Gasteiger partial charge is 0.164 e. The van der Waals surface area contributed by atoms with Crippen LogP contribution < -0.4 is 0 Å². The van der Waals surface area contributed by atoms with Gasteiger partial charge in [-0.05, 0) is 24.0 Å². The van der Waals surface area contributed by atoms with Crippen molar-refractivity contribution in [2.24, 2.45) is 0 Å². The van der Waals surface area contributed by atoms with Crippen LogP contribution in [0.15, 0.2) is 60.7 Å². The Hall–Kier alpha value is -2.11. The molecule has 0 radical (unpaired) electrons. The number of rotatable bonds is 2. The molecule has 0 bridgehead atoms. The van der Waals surface area contributed by atoms with Crippen molar-refractivity contribution < 1.29 is 5.11 Å². The van der Waals surface area contributed by atoms with Crippen LogP contribution in [0.2, 0.25) is 0 Å². The molecule has 0 spiro atoms. The summed E-state index contributed by atoms with van der Waals surface area (Å²) in [6.45, 7) is 0. The van der Waals surface area contributed by atoms with Gasteiger partial charge < -0.3 is 5.11 Å². The zero-order valence-corrected chi connectivity index (χ0v) is 10.6. The van der Waals surface area contributed by atoms with Crippen LogP contribution in [0, 0.1) is 11.3 Å². The molecule has 1 saturated carbocycles. The highest BCUT2D eigenvalue weighted by atomic mass is 16.3. The van der Waals surface area contributed by atoms with E-state index in [0.717, 1.165) is 17.5 Å². The fraction of sp³-hybridized carbons (Fsp3) is 0.235. The van der Waals surface area contributed by atoms with E-state index in [1.54, 1.807) is 0 Å². The Labute approximate surface area is 112 Å². The Morgan fingerprint density at radius 1 is 0.842 bits per heavy atom. The molecule has 1 aliphatic rings. The maximum Gasteiger partial charge on any atom is 0.164 e. The van der Waals surface area contributed by atoms with Gasteiger partial charge in [0.15, 0.2) is 5.60 Å². The van der Waals surface area contributed by atoms with E-state index in [0.29, 0.717) is 6.42 Å². The van der Waals surface area contributed by atoms with Gasteiger partial charge in [0.25, 0.3) is 0 Å². The summed E-state index contributed by atoms with van der Waals surface area (Å²) in [5.41, 5.74) is 0.118. The molecule has 1 N–H and O–H groups in total. The summed E-state index contributed by atoms with van der Waals surface area (Å²) in [5, 5.41) is 20.1. The molecule has 0 amide bonds. The van der Waals surface area contributed by atoms with Crippen molar-refractivity contribution in [1.29, 1.82) is 5.26 Å². The summed E-state index contributed by atoms with van der Waals surface area (Å²) >= 11 is 0. The topological polar surface area (TPSA) is 44.0 Å². The van der Waals surface area contributed by atoms with E-state index in [2.05, 4.69) is 6.07 Å². The van der Waals surface area contributed by atoms with Crippen LogP contribution in [-0.4, -0.2) is 10.7 Å². The summed E-state index contributed by atoms with van der Waals surface area (Å²) in [7, 11) is 0. The van der Waals surface area contributed by atoms with Gasteiger partial charge >= 0.3 is 0 Å². The first-order valence-electron chi connectivity index (χ1n) is 6.48. The number of nitrogens with zero attached hydrogens (tertiary/aromatic N) is 1. The summed E-state index contributed by atoms with van der Waals surface area (Å²) in [6, 6.07) is 21.8. The minimum Gasteiger partial charge on any atom is -0.374 e. The fourth-order valence-corrected chi connectivity index (χ4v) is 3.14. The third kappa shape index (κ3) is 1.52. The minimum absolute atomic E-state index is 0.521. The standard InChI is InChI=1S/C17H15NO/c18-13-16(19)11-12-17(16,14-7-3-1-4-8-14)15-9-5-2-6-10-15/h1-10,19H,11-12H2. The SMILES string of the molecule is N#CC1(O)CCC1(c1ccccc1)c1ccccc1. The van der Waals surface area contributed by atoms with Gasteiger partial charge in [0, 0.05) is 0 Å². The van der Waals surface area contributed by atoms with E-state index in [4.69, 9.17) is 0 Å². The van der Waals surface area contributed by atoms with E-state index in [1.165, 1.54) is 0 Å². The molecular weight excluding hydrogens is 234 g/mol. The number of nitriles is 1. The minimum atomic E-state index is -1.31. The highest BCUT2D eigenvalue weighted by molar-refractivity contribution is 5.49. The first-order chi connectivity index (χ1) is 9.23. The molecule has 2 heteroatoms. The van der Waals surface area contributed by atoms with E-state index in [1.807, 2.05) is 60.7 Å². The van der Waals surface area contributed by atoms with Crippen molar-refractivity contribution >= 4 is 0 Å². The van der Waals surface area contributed by atoms with Crippen LogP contribution in [0.3, 0.4) is 0 Å². The van der Waals surface area contributed by atoms with Crippen LogP contribution in [0.5, 0.6) is 0 Å². The van der Waals surface area contributed by atoms with E-state index in [9.17, 15) is 10.4 Å². The monoisotopic (exact) mass is 249 g/mol. The highest BCUT2D eigenvalue weighted by Gasteiger charge is 2.60. The quantitative estimate of drug-likeness (QED) is 0.831. The molecule has 0 saturated heterocycles. The first kappa shape index (κ1) is 12.0. The van der Waals surface area contributed by atoms with Crippen molar-refractivity contribution in [3.8, 4) is 6.07 Å². The van der Waals surface area contributed by atoms with Crippen LogP contribution in [-0.2, 0) is 5.41 Å².